The molecule has 0 aromatic carbocycles. The first kappa shape index (κ1) is 11.0. The molecule has 2 heteroatoms. The summed E-state index contributed by atoms with van der Waals surface area (Å²) >= 11 is 0. The van der Waals surface area contributed by atoms with E-state index in [-0.39, 0.29) is 5.92 Å². The molecular weight excluding hydrogens is 152 g/mol. The van der Waals surface area contributed by atoms with Gasteiger partial charge in [-0.25, -0.2) is 0 Å². The standard InChI is InChI=1S/C8H12O2.C2H4/c1-6-2-4-7(5-3-6)8(9)10;1-2/h2,7H,3-5H2,1H3,(H,9,10);1-2H2. The highest BCUT2D eigenvalue weighted by molar-refractivity contribution is 5.70. The number of rotatable bonds is 1. The minimum atomic E-state index is -0.649. The highest BCUT2D eigenvalue weighted by atomic mass is 16.4. The maximum absolute atomic E-state index is 10.4. The summed E-state index contributed by atoms with van der Waals surface area (Å²) in [4.78, 5) is 10.4. The van der Waals surface area contributed by atoms with Crippen molar-refractivity contribution in [2.24, 2.45) is 5.92 Å². The largest absolute Gasteiger partial charge is 0.481 e. The maximum Gasteiger partial charge on any atom is 0.306 e. The first-order chi connectivity index (χ1) is 5.70. The van der Waals surface area contributed by atoms with Crippen molar-refractivity contribution in [2.45, 2.75) is 26.2 Å². The van der Waals surface area contributed by atoms with Crippen molar-refractivity contribution < 1.29 is 9.90 Å². The Kier molecular flexibility index (Phi) is 5.09. The molecule has 0 bridgehead atoms. The van der Waals surface area contributed by atoms with E-state index in [0.717, 1.165) is 19.3 Å². The fourth-order valence-electron chi connectivity index (χ4n) is 1.19. The van der Waals surface area contributed by atoms with Gasteiger partial charge >= 0.3 is 5.97 Å². The third-order valence-electron chi connectivity index (χ3n) is 1.99. The van der Waals surface area contributed by atoms with E-state index in [1.165, 1.54) is 5.57 Å². The second-order valence-corrected chi connectivity index (χ2v) is 2.86. The van der Waals surface area contributed by atoms with Crippen LogP contribution >= 0.6 is 0 Å². The van der Waals surface area contributed by atoms with Crippen LogP contribution in [0.15, 0.2) is 24.8 Å². The molecule has 0 spiro atoms. The molecule has 1 aliphatic rings. The summed E-state index contributed by atoms with van der Waals surface area (Å²) in [7, 11) is 0. The van der Waals surface area contributed by atoms with Crippen molar-refractivity contribution >= 4 is 5.97 Å². The number of carboxylic acid groups (broad SMARTS) is 1. The zero-order valence-corrected chi connectivity index (χ0v) is 7.55. The Hall–Kier alpha value is -1.05. The molecule has 1 aliphatic carbocycles. The van der Waals surface area contributed by atoms with Crippen LogP contribution in [0.4, 0.5) is 0 Å². The van der Waals surface area contributed by atoms with E-state index in [1.54, 1.807) is 0 Å². The summed E-state index contributed by atoms with van der Waals surface area (Å²) in [6, 6.07) is 0. The molecule has 0 radical (unpaired) electrons. The molecule has 0 fully saturated rings. The molecule has 2 nitrogen and oxygen atoms in total. The predicted molar refractivity (Wildman–Crippen MR) is 50.0 cm³/mol. The third-order valence-corrected chi connectivity index (χ3v) is 1.99. The van der Waals surface area contributed by atoms with Gasteiger partial charge in [-0.15, -0.1) is 13.2 Å². The molecule has 12 heavy (non-hydrogen) atoms. The topological polar surface area (TPSA) is 37.3 Å². The fraction of sp³-hybridized carbons (Fsp3) is 0.500. The van der Waals surface area contributed by atoms with Crippen LogP contribution in [-0.4, -0.2) is 11.1 Å². The van der Waals surface area contributed by atoms with Gasteiger partial charge in [0, 0.05) is 0 Å². The van der Waals surface area contributed by atoms with Gasteiger partial charge in [-0.1, -0.05) is 11.6 Å². The lowest BCUT2D eigenvalue weighted by Gasteiger charge is -2.15. The Balaban J connectivity index is 0.000000561. The molecule has 0 aromatic heterocycles. The van der Waals surface area contributed by atoms with E-state index in [9.17, 15) is 4.79 Å². The van der Waals surface area contributed by atoms with Gasteiger partial charge < -0.3 is 5.11 Å². The Morgan fingerprint density at radius 2 is 2.25 bits per heavy atom. The van der Waals surface area contributed by atoms with E-state index >= 15 is 0 Å². The first-order valence-electron chi connectivity index (χ1n) is 4.08. The molecule has 1 rings (SSSR count). The van der Waals surface area contributed by atoms with Gasteiger partial charge in [0.15, 0.2) is 0 Å². The van der Waals surface area contributed by atoms with Crippen LogP contribution < -0.4 is 0 Å². The highest BCUT2D eigenvalue weighted by Crippen LogP contribution is 2.22. The molecule has 68 valence electrons. The van der Waals surface area contributed by atoms with E-state index in [2.05, 4.69) is 20.1 Å². The van der Waals surface area contributed by atoms with Crippen molar-refractivity contribution in [1.29, 1.82) is 0 Å². The second kappa shape index (κ2) is 5.58. The monoisotopic (exact) mass is 168 g/mol. The van der Waals surface area contributed by atoms with Crippen molar-refractivity contribution in [3.63, 3.8) is 0 Å². The minimum absolute atomic E-state index is 0.122. The number of carbonyl (C=O) groups is 1. The summed E-state index contributed by atoms with van der Waals surface area (Å²) in [5.41, 5.74) is 1.33. The second-order valence-electron chi connectivity index (χ2n) is 2.86. The van der Waals surface area contributed by atoms with Crippen LogP contribution in [0.5, 0.6) is 0 Å². The number of aliphatic carboxylic acids is 1. The zero-order chi connectivity index (χ0) is 9.56. The quantitative estimate of drug-likeness (QED) is 0.611. The molecule has 0 saturated carbocycles. The van der Waals surface area contributed by atoms with E-state index < -0.39 is 5.97 Å². The van der Waals surface area contributed by atoms with Crippen LogP contribution in [-0.2, 0) is 4.79 Å². The smallest absolute Gasteiger partial charge is 0.306 e. The lowest BCUT2D eigenvalue weighted by Crippen LogP contribution is -2.15. The predicted octanol–water partition coefficient (Wildman–Crippen LogP) is 2.62. The molecule has 1 N–H and O–H groups in total. The number of hydrogen-bond donors (Lipinski definition) is 1. The van der Waals surface area contributed by atoms with Crippen molar-refractivity contribution in [3.8, 4) is 0 Å². The Morgan fingerprint density at radius 3 is 2.58 bits per heavy atom. The number of allylic oxidation sites excluding steroid dienone is 2. The molecule has 1 atom stereocenters. The molecule has 0 saturated heterocycles. The molecular formula is C10H16O2. The van der Waals surface area contributed by atoms with Gasteiger partial charge in [0.05, 0.1) is 5.92 Å². The first-order valence-corrected chi connectivity index (χ1v) is 4.08. The van der Waals surface area contributed by atoms with Crippen LogP contribution in [0, 0.1) is 5.92 Å². The zero-order valence-electron chi connectivity index (χ0n) is 7.55. The van der Waals surface area contributed by atoms with E-state index in [0.29, 0.717) is 0 Å². The molecule has 1 unspecified atom stereocenters. The highest BCUT2D eigenvalue weighted by Gasteiger charge is 2.18. The third kappa shape index (κ3) is 3.37. The van der Waals surface area contributed by atoms with E-state index in [1.807, 2.05) is 6.08 Å². The van der Waals surface area contributed by atoms with Crippen LogP contribution in [0.1, 0.15) is 26.2 Å². The van der Waals surface area contributed by atoms with Crippen LogP contribution in [0.3, 0.4) is 0 Å². The van der Waals surface area contributed by atoms with Gasteiger partial charge in [0.25, 0.3) is 0 Å². The Labute approximate surface area is 73.6 Å². The Bertz CT molecular complexity index is 182. The van der Waals surface area contributed by atoms with Crippen molar-refractivity contribution in [2.75, 3.05) is 0 Å². The maximum atomic E-state index is 10.4. The van der Waals surface area contributed by atoms with E-state index in [4.69, 9.17) is 5.11 Å². The summed E-state index contributed by atoms with van der Waals surface area (Å²) in [5, 5.41) is 8.60. The Morgan fingerprint density at radius 1 is 1.67 bits per heavy atom. The molecule has 0 aromatic rings. The lowest BCUT2D eigenvalue weighted by molar-refractivity contribution is -0.141. The summed E-state index contributed by atoms with van der Waals surface area (Å²) in [6.07, 6.45) is 4.53. The van der Waals surface area contributed by atoms with Gasteiger partial charge in [-0.2, -0.15) is 0 Å². The fourth-order valence-corrected chi connectivity index (χ4v) is 1.19. The van der Waals surface area contributed by atoms with Gasteiger partial charge in [-0.3, -0.25) is 4.79 Å². The van der Waals surface area contributed by atoms with Crippen LogP contribution in [0.25, 0.3) is 0 Å². The van der Waals surface area contributed by atoms with Gasteiger partial charge in [0.1, 0.15) is 0 Å². The number of hydrogen-bond acceptors (Lipinski definition) is 1. The average molecular weight is 168 g/mol. The molecule has 0 amide bonds. The normalized spacial score (nSPS) is 21.8. The van der Waals surface area contributed by atoms with Crippen molar-refractivity contribution in [1.82, 2.24) is 0 Å². The molecule has 0 aliphatic heterocycles. The van der Waals surface area contributed by atoms with Gasteiger partial charge in [-0.05, 0) is 26.2 Å². The van der Waals surface area contributed by atoms with Crippen molar-refractivity contribution in [3.05, 3.63) is 24.8 Å². The molecule has 0 heterocycles. The van der Waals surface area contributed by atoms with Gasteiger partial charge in [0.2, 0.25) is 0 Å². The minimum Gasteiger partial charge on any atom is -0.481 e. The lowest BCUT2D eigenvalue weighted by atomic mass is 9.90. The van der Waals surface area contributed by atoms with Crippen LogP contribution in [0.2, 0.25) is 0 Å². The SMILES string of the molecule is C=C.CC1=CCC(C(=O)O)CC1. The summed E-state index contributed by atoms with van der Waals surface area (Å²) in [6.45, 7) is 8.05. The number of carboxylic acids is 1. The average Bonchev–Trinajstić information content (AvgIpc) is 2.09. The summed E-state index contributed by atoms with van der Waals surface area (Å²) < 4.78 is 0. The summed E-state index contributed by atoms with van der Waals surface area (Å²) in [5.74, 6) is -0.771.